The Morgan fingerprint density at radius 1 is 0.750 bits per heavy atom. The van der Waals surface area contributed by atoms with Crippen molar-refractivity contribution in [1.82, 2.24) is 0 Å². The van der Waals surface area contributed by atoms with E-state index in [0.717, 1.165) is 25.7 Å². The van der Waals surface area contributed by atoms with E-state index in [9.17, 15) is 9.59 Å². The molecule has 2 fully saturated rings. The number of esters is 2. The minimum atomic E-state index is 0.00866. The minimum Gasteiger partial charge on any atom is -0.465 e. The molecule has 4 heteroatoms. The van der Waals surface area contributed by atoms with Crippen LogP contribution in [0.3, 0.4) is 0 Å². The normalized spacial score (nSPS) is 32.4. The van der Waals surface area contributed by atoms with Crippen LogP contribution in [0.2, 0.25) is 0 Å². The molecule has 2 aliphatic heterocycles. The van der Waals surface area contributed by atoms with Gasteiger partial charge in [0.15, 0.2) is 0 Å². The first-order chi connectivity index (χ1) is 9.58. The van der Waals surface area contributed by atoms with E-state index in [1.54, 1.807) is 0 Å². The first-order valence-electron chi connectivity index (χ1n) is 7.92. The van der Waals surface area contributed by atoms with Crippen LogP contribution in [0.15, 0.2) is 0 Å². The van der Waals surface area contributed by atoms with Gasteiger partial charge in [-0.25, -0.2) is 0 Å². The van der Waals surface area contributed by atoms with Gasteiger partial charge in [0.2, 0.25) is 0 Å². The van der Waals surface area contributed by atoms with E-state index in [4.69, 9.17) is 9.47 Å². The van der Waals surface area contributed by atoms with Crippen LogP contribution in [0.5, 0.6) is 0 Å². The predicted molar refractivity (Wildman–Crippen MR) is 77.0 cm³/mol. The van der Waals surface area contributed by atoms with E-state index in [0.29, 0.717) is 25.0 Å². The van der Waals surface area contributed by atoms with Gasteiger partial charge in [0.1, 0.15) is 0 Å². The molecule has 116 valence electrons. The highest BCUT2D eigenvalue weighted by Gasteiger charge is 2.34. The van der Waals surface area contributed by atoms with Crippen LogP contribution < -0.4 is 0 Å². The lowest BCUT2D eigenvalue weighted by Crippen LogP contribution is -2.13. The van der Waals surface area contributed by atoms with Crippen LogP contribution in [-0.4, -0.2) is 25.2 Å². The van der Waals surface area contributed by atoms with Crippen LogP contribution in [0.1, 0.15) is 53.4 Å². The lowest BCUT2D eigenvalue weighted by Gasteiger charge is -2.08. The second-order valence-electron chi connectivity index (χ2n) is 5.63. The molecule has 2 aliphatic rings. The smallest absolute Gasteiger partial charge is 0.309 e. The summed E-state index contributed by atoms with van der Waals surface area (Å²) in [4.78, 5) is 21.9. The highest BCUT2D eigenvalue weighted by atomic mass is 16.5. The fourth-order valence-corrected chi connectivity index (χ4v) is 3.01. The first-order valence-corrected chi connectivity index (χ1v) is 7.92. The van der Waals surface area contributed by atoms with Crippen LogP contribution in [-0.2, 0) is 19.1 Å². The number of rotatable bonds is 4. The number of cyclic esters (lactones) is 2. The van der Waals surface area contributed by atoms with Gasteiger partial charge in [0.25, 0.3) is 0 Å². The summed E-state index contributed by atoms with van der Waals surface area (Å²) in [5, 5.41) is 0. The van der Waals surface area contributed by atoms with Gasteiger partial charge in [-0.3, -0.25) is 9.59 Å². The van der Waals surface area contributed by atoms with Crippen molar-refractivity contribution in [2.75, 3.05) is 13.2 Å². The topological polar surface area (TPSA) is 52.6 Å². The average Bonchev–Trinajstić information content (AvgIpc) is 3.01. The van der Waals surface area contributed by atoms with Gasteiger partial charge < -0.3 is 9.47 Å². The van der Waals surface area contributed by atoms with Crippen molar-refractivity contribution in [3.05, 3.63) is 0 Å². The second-order valence-corrected chi connectivity index (χ2v) is 5.63. The van der Waals surface area contributed by atoms with E-state index in [1.165, 1.54) is 0 Å². The van der Waals surface area contributed by atoms with Crippen molar-refractivity contribution in [2.45, 2.75) is 53.4 Å². The monoisotopic (exact) mass is 284 g/mol. The summed E-state index contributed by atoms with van der Waals surface area (Å²) in [6.45, 7) is 9.59. The van der Waals surface area contributed by atoms with Crippen molar-refractivity contribution < 1.29 is 19.1 Å². The zero-order valence-electron chi connectivity index (χ0n) is 13.2. The maximum absolute atomic E-state index is 11.0. The molecule has 0 aromatic rings. The molecule has 0 N–H and O–H groups in total. The van der Waals surface area contributed by atoms with Crippen molar-refractivity contribution in [3.63, 3.8) is 0 Å². The molecule has 2 rings (SSSR count). The Hall–Kier alpha value is -1.06. The fourth-order valence-electron chi connectivity index (χ4n) is 3.01. The van der Waals surface area contributed by atoms with Gasteiger partial charge in [-0.2, -0.15) is 0 Å². The van der Waals surface area contributed by atoms with Gasteiger partial charge in [-0.05, 0) is 25.7 Å². The number of carbonyl (C=O) groups is 2. The largest absolute Gasteiger partial charge is 0.465 e. The molecular formula is C16H28O4. The molecule has 0 amide bonds. The van der Waals surface area contributed by atoms with Gasteiger partial charge >= 0.3 is 11.9 Å². The Kier molecular flexibility index (Phi) is 7.03. The summed E-state index contributed by atoms with van der Waals surface area (Å²) < 4.78 is 9.84. The Balaban J connectivity index is 0.000000200. The van der Waals surface area contributed by atoms with Crippen molar-refractivity contribution >= 4 is 11.9 Å². The lowest BCUT2D eigenvalue weighted by molar-refractivity contribution is -0.142. The van der Waals surface area contributed by atoms with Gasteiger partial charge in [-0.15, -0.1) is 0 Å². The summed E-state index contributed by atoms with van der Waals surface area (Å²) in [6.07, 6.45) is 3.98. The summed E-state index contributed by atoms with van der Waals surface area (Å²) in [5.41, 5.74) is 0. The molecular weight excluding hydrogens is 256 g/mol. The Bertz CT molecular complexity index is 294. The number of ether oxygens (including phenoxy) is 2. The Morgan fingerprint density at radius 2 is 1.10 bits per heavy atom. The van der Waals surface area contributed by atoms with Gasteiger partial charge in [-0.1, -0.05) is 27.7 Å². The summed E-state index contributed by atoms with van der Waals surface area (Å²) >= 11 is 0. The molecule has 2 heterocycles. The molecule has 4 nitrogen and oxygen atoms in total. The summed E-state index contributed by atoms with van der Waals surface area (Å²) in [6, 6.07) is 0. The number of carbonyl (C=O) groups excluding carboxylic acids is 2. The van der Waals surface area contributed by atoms with E-state index in [2.05, 4.69) is 13.8 Å². The second kappa shape index (κ2) is 8.28. The lowest BCUT2D eigenvalue weighted by atomic mass is 9.91. The Labute approximate surface area is 122 Å². The Morgan fingerprint density at radius 3 is 1.30 bits per heavy atom. The van der Waals surface area contributed by atoms with Crippen molar-refractivity contribution in [3.8, 4) is 0 Å². The quantitative estimate of drug-likeness (QED) is 0.744. The molecule has 0 bridgehead atoms. The average molecular weight is 284 g/mol. The molecule has 0 aromatic heterocycles. The molecule has 20 heavy (non-hydrogen) atoms. The summed E-state index contributed by atoms with van der Waals surface area (Å²) in [5.74, 6) is 1.36. The van der Waals surface area contributed by atoms with E-state index in [1.807, 2.05) is 13.8 Å². The van der Waals surface area contributed by atoms with Crippen molar-refractivity contribution in [2.24, 2.45) is 23.7 Å². The third-order valence-corrected chi connectivity index (χ3v) is 4.55. The summed E-state index contributed by atoms with van der Waals surface area (Å²) in [7, 11) is 0. The standard InChI is InChI=1S/2C8H14O2/c2*1-3-6-5-10-8(9)7(6)4-2/h2*6-7H,3-5H2,1-2H3/t6-,7?;6-,7-/m11/s1. The van der Waals surface area contributed by atoms with E-state index in [-0.39, 0.29) is 23.8 Å². The predicted octanol–water partition coefficient (Wildman–Crippen LogP) is 3.19. The maximum atomic E-state index is 11.0. The highest BCUT2D eigenvalue weighted by Crippen LogP contribution is 2.27. The number of hydrogen-bond donors (Lipinski definition) is 0. The van der Waals surface area contributed by atoms with E-state index >= 15 is 0 Å². The van der Waals surface area contributed by atoms with Crippen LogP contribution in [0.25, 0.3) is 0 Å². The van der Waals surface area contributed by atoms with Crippen LogP contribution in [0.4, 0.5) is 0 Å². The SMILES string of the molecule is CCC1C(=O)OC[C@H]1CC.CC[C@@H]1COC(=O)[C@@H]1CC. The molecule has 0 aliphatic carbocycles. The molecule has 0 spiro atoms. The zero-order chi connectivity index (χ0) is 15.1. The molecule has 0 aromatic carbocycles. The van der Waals surface area contributed by atoms with E-state index < -0.39 is 0 Å². The fraction of sp³-hybridized carbons (Fsp3) is 0.875. The molecule has 0 saturated carbocycles. The third-order valence-electron chi connectivity index (χ3n) is 4.55. The van der Waals surface area contributed by atoms with Crippen LogP contribution >= 0.6 is 0 Å². The molecule has 2 saturated heterocycles. The molecule has 4 atom stereocenters. The molecule has 1 unspecified atom stereocenters. The van der Waals surface area contributed by atoms with Gasteiger partial charge in [0, 0.05) is 11.8 Å². The maximum Gasteiger partial charge on any atom is 0.309 e. The first kappa shape index (κ1) is 17.0. The third kappa shape index (κ3) is 3.97. The highest BCUT2D eigenvalue weighted by molar-refractivity contribution is 5.74. The van der Waals surface area contributed by atoms with Crippen molar-refractivity contribution in [1.29, 1.82) is 0 Å². The minimum absolute atomic E-state index is 0.00866. The number of hydrogen-bond acceptors (Lipinski definition) is 4. The molecule has 0 radical (unpaired) electrons. The van der Waals surface area contributed by atoms with Crippen LogP contribution in [0, 0.1) is 23.7 Å². The van der Waals surface area contributed by atoms with Gasteiger partial charge in [0.05, 0.1) is 25.0 Å². The zero-order valence-corrected chi connectivity index (χ0v) is 13.2.